The normalized spacial score (nSPS) is 11.0. The van der Waals surface area contributed by atoms with E-state index in [4.69, 9.17) is 0 Å². The third kappa shape index (κ3) is 7.59. The number of guanidine groups is 1. The van der Waals surface area contributed by atoms with Crippen LogP contribution in [0.25, 0.3) is 0 Å². The first-order chi connectivity index (χ1) is 12.2. The fourth-order valence-electron chi connectivity index (χ4n) is 2.51. The first-order valence-corrected chi connectivity index (χ1v) is 8.58. The molecule has 0 spiro atoms. The fraction of sp³-hybridized carbons (Fsp3) is 0.444. The van der Waals surface area contributed by atoms with Crippen molar-refractivity contribution in [2.24, 2.45) is 4.99 Å². The van der Waals surface area contributed by atoms with Crippen LogP contribution in [0.15, 0.2) is 47.7 Å². The Morgan fingerprint density at radius 1 is 1.19 bits per heavy atom. The molecule has 8 heteroatoms. The van der Waals surface area contributed by atoms with E-state index in [1.807, 2.05) is 35.0 Å². The van der Waals surface area contributed by atoms with E-state index in [0.29, 0.717) is 5.69 Å². The summed E-state index contributed by atoms with van der Waals surface area (Å²) in [5.41, 5.74) is 0.628. The van der Waals surface area contributed by atoms with Crippen molar-refractivity contribution in [1.82, 2.24) is 20.4 Å². The Kier molecular flexibility index (Phi) is 10.7. The van der Waals surface area contributed by atoms with Crippen molar-refractivity contribution >= 4 is 35.6 Å². The van der Waals surface area contributed by atoms with Gasteiger partial charge in [-0.05, 0) is 31.0 Å². The molecule has 2 aromatic rings. The van der Waals surface area contributed by atoms with Gasteiger partial charge in [-0.1, -0.05) is 12.1 Å². The van der Waals surface area contributed by atoms with E-state index >= 15 is 0 Å². The molecule has 0 radical (unpaired) electrons. The number of aryl methyl sites for hydroxylation is 1. The monoisotopic (exact) mass is 474 g/mol. The van der Waals surface area contributed by atoms with Crippen molar-refractivity contribution in [2.45, 2.75) is 19.4 Å². The summed E-state index contributed by atoms with van der Waals surface area (Å²) in [6.07, 6.45) is 5.60. The second kappa shape index (κ2) is 12.5. The van der Waals surface area contributed by atoms with Gasteiger partial charge in [0.05, 0.1) is 5.69 Å². The molecule has 0 fully saturated rings. The van der Waals surface area contributed by atoms with Crippen molar-refractivity contribution in [1.29, 1.82) is 0 Å². The number of anilines is 1. The van der Waals surface area contributed by atoms with E-state index in [-0.39, 0.29) is 29.8 Å². The maximum absolute atomic E-state index is 13.7. The molecule has 1 heterocycles. The number of benzene rings is 1. The summed E-state index contributed by atoms with van der Waals surface area (Å²) in [5, 5.41) is 10.7. The zero-order valence-corrected chi connectivity index (χ0v) is 17.7. The van der Waals surface area contributed by atoms with Crippen LogP contribution >= 0.6 is 24.0 Å². The lowest BCUT2D eigenvalue weighted by molar-refractivity contribution is 0.570. The Morgan fingerprint density at radius 3 is 2.58 bits per heavy atom. The molecule has 1 aromatic heterocycles. The van der Waals surface area contributed by atoms with E-state index in [9.17, 15) is 4.39 Å². The van der Waals surface area contributed by atoms with Crippen molar-refractivity contribution in [3.8, 4) is 0 Å². The van der Waals surface area contributed by atoms with Gasteiger partial charge in [-0.25, -0.2) is 4.39 Å². The van der Waals surface area contributed by atoms with E-state index in [0.717, 1.165) is 45.0 Å². The van der Waals surface area contributed by atoms with Gasteiger partial charge in [0.25, 0.3) is 0 Å². The number of hydrogen-bond acceptors (Lipinski definition) is 3. The van der Waals surface area contributed by atoms with Crippen LogP contribution in [0.1, 0.15) is 12.8 Å². The number of para-hydroxylation sites is 1. The molecule has 0 bridgehead atoms. The summed E-state index contributed by atoms with van der Waals surface area (Å²) in [7, 11) is 3.66. The Balaban J connectivity index is 0.00000338. The highest BCUT2D eigenvalue weighted by molar-refractivity contribution is 14.0. The predicted molar refractivity (Wildman–Crippen MR) is 116 cm³/mol. The van der Waals surface area contributed by atoms with Gasteiger partial charge >= 0.3 is 0 Å². The van der Waals surface area contributed by atoms with Gasteiger partial charge in [0, 0.05) is 52.7 Å². The number of halogens is 2. The van der Waals surface area contributed by atoms with Gasteiger partial charge in [0.15, 0.2) is 5.96 Å². The predicted octanol–water partition coefficient (Wildman–Crippen LogP) is 2.72. The molecule has 6 nitrogen and oxygen atoms in total. The molecule has 0 saturated carbocycles. The van der Waals surface area contributed by atoms with Crippen molar-refractivity contribution in [3.63, 3.8) is 0 Å². The molecule has 0 aliphatic heterocycles. The van der Waals surface area contributed by atoms with Crippen LogP contribution < -0.4 is 15.5 Å². The third-order valence-corrected chi connectivity index (χ3v) is 3.87. The van der Waals surface area contributed by atoms with Crippen LogP contribution in [0.3, 0.4) is 0 Å². The number of hydrogen-bond donors (Lipinski definition) is 2. The van der Waals surface area contributed by atoms with Gasteiger partial charge in [-0.15, -0.1) is 24.0 Å². The highest BCUT2D eigenvalue weighted by atomic mass is 127. The lowest BCUT2D eigenvalue weighted by Crippen LogP contribution is -2.39. The minimum absolute atomic E-state index is 0. The molecule has 26 heavy (non-hydrogen) atoms. The second-order valence-corrected chi connectivity index (χ2v) is 5.77. The maximum Gasteiger partial charge on any atom is 0.190 e. The van der Waals surface area contributed by atoms with Crippen molar-refractivity contribution < 1.29 is 4.39 Å². The summed E-state index contributed by atoms with van der Waals surface area (Å²) >= 11 is 0. The molecule has 0 atom stereocenters. The molecule has 2 N–H and O–H groups in total. The van der Waals surface area contributed by atoms with Crippen LogP contribution in [-0.2, 0) is 6.54 Å². The summed E-state index contributed by atoms with van der Waals surface area (Å²) < 4.78 is 15.6. The average Bonchev–Trinajstić information content (AvgIpc) is 3.14. The smallest absolute Gasteiger partial charge is 0.190 e. The van der Waals surface area contributed by atoms with Crippen LogP contribution in [0, 0.1) is 5.82 Å². The number of aliphatic imine (C=N–C) groups is 1. The topological polar surface area (TPSA) is 57.5 Å². The van der Waals surface area contributed by atoms with Crippen molar-refractivity contribution in [3.05, 3.63) is 48.5 Å². The van der Waals surface area contributed by atoms with Crippen LogP contribution in [-0.4, -0.2) is 49.5 Å². The van der Waals surface area contributed by atoms with E-state index in [1.54, 1.807) is 25.4 Å². The highest BCUT2D eigenvalue weighted by Crippen LogP contribution is 2.16. The highest BCUT2D eigenvalue weighted by Gasteiger charge is 2.06. The van der Waals surface area contributed by atoms with Gasteiger partial charge in [-0.3, -0.25) is 9.67 Å². The first kappa shape index (κ1) is 22.2. The molecule has 144 valence electrons. The maximum atomic E-state index is 13.7. The Labute approximate surface area is 171 Å². The fourth-order valence-corrected chi connectivity index (χ4v) is 2.51. The van der Waals surface area contributed by atoms with E-state index in [2.05, 4.69) is 20.7 Å². The lowest BCUT2D eigenvalue weighted by atomic mass is 10.2. The minimum atomic E-state index is -0.187. The molecule has 0 aliphatic rings. The first-order valence-electron chi connectivity index (χ1n) is 8.58. The largest absolute Gasteiger partial charge is 0.372 e. The summed E-state index contributed by atoms with van der Waals surface area (Å²) in [6.45, 7) is 3.25. The Bertz CT molecular complexity index is 647. The summed E-state index contributed by atoms with van der Waals surface area (Å²) in [5.74, 6) is 0.599. The third-order valence-electron chi connectivity index (χ3n) is 3.87. The Hall–Kier alpha value is -1.84. The van der Waals surface area contributed by atoms with Gasteiger partial charge in [-0.2, -0.15) is 5.10 Å². The minimum Gasteiger partial charge on any atom is -0.372 e. The number of aromatic nitrogens is 2. The average molecular weight is 474 g/mol. The van der Waals surface area contributed by atoms with E-state index in [1.165, 1.54) is 6.07 Å². The number of nitrogens with zero attached hydrogens (tertiary/aromatic N) is 4. The zero-order chi connectivity index (χ0) is 17.9. The molecule has 2 rings (SSSR count). The van der Waals surface area contributed by atoms with Gasteiger partial charge in [0.2, 0.25) is 0 Å². The molecule has 0 amide bonds. The lowest BCUT2D eigenvalue weighted by Gasteiger charge is -2.20. The zero-order valence-electron chi connectivity index (χ0n) is 15.4. The number of rotatable bonds is 9. The molecule has 0 saturated heterocycles. The van der Waals surface area contributed by atoms with Gasteiger partial charge in [0.1, 0.15) is 5.82 Å². The molecule has 1 aromatic carbocycles. The molecule has 0 unspecified atom stereocenters. The van der Waals surface area contributed by atoms with Crippen molar-refractivity contribution in [2.75, 3.05) is 38.6 Å². The van der Waals surface area contributed by atoms with Crippen LogP contribution in [0.2, 0.25) is 0 Å². The van der Waals surface area contributed by atoms with Gasteiger partial charge < -0.3 is 15.5 Å². The molecular formula is C18H28FIN6. The second-order valence-electron chi connectivity index (χ2n) is 5.77. The number of nitrogens with one attached hydrogen (secondary N) is 2. The summed E-state index contributed by atoms with van der Waals surface area (Å²) in [4.78, 5) is 6.14. The van der Waals surface area contributed by atoms with Crippen LogP contribution in [0.5, 0.6) is 0 Å². The SMILES string of the molecule is CN=C(NCCCN(C)c1ccccc1F)NCCCn1cccn1.I. The molecular weight excluding hydrogens is 446 g/mol. The quantitative estimate of drug-likeness (QED) is 0.254. The van der Waals surface area contributed by atoms with E-state index < -0.39 is 0 Å². The summed E-state index contributed by atoms with van der Waals surface area (Å²) in [6, 6.07) is 8.76. The van der Waals surface area contributed by atoms with Crippen LogP contribution in [0.4, 0.5) is 10.1 Å². The standard InChI is InChI=1S/C18H27FN6.HI/c1-20-18(22-11-6-14-25-15-7-12-23-25)21-10-5-13-24(2)17-9-4-3-8-16(17)19;/h3-4,7-9,12,15H,5-6,10-11,13-14H2,1-2H3,(H2,20,21,22);1H. The molecule has 0 aliphatic carbocycles. The Morgan fingerprint density at radius 2 is 1.92 bits per heavy atom.